The topological polar surface area (TPSA) is 119 Å². The first-order valence-electron chi connectivity index (χ1n) is 10.8. The molecule has 0 aliphatic rings. The number of anilines is 1. The van der Waals surface area contributed by atoms with Crippen molar-refractivity contribution in [2.24, 2.45) is 0 Å². The molecule has 0 atom stereocenters. The summed E-state index contributed by atoms with van der Waals surface area (Å²) in [6, 6.07) is 13.5. The minimum Gasteiger partial charge on any atom is -0.382 e. The Morgan fingerprint density at radius 3 is 2.48 bits per heavy atom. The van der Waals surface area contributed by atoms with Crippen molar-refractivity contribution >= 4 is 22.6 Å². The molecule has 2 aromatic heterocycles. The SMILES string of the molecule is Cc1ccc(C)c(C(=O)NCc2ccc(-c3nn(C(C)(C)C)c4c(=O)[nH]nc(N)c34)cc2)c1. The van der Waals surface area contributed by atoms with Crippen LogP contribution in [-0.2, 0) is 12.1 Å². The minimum absolute atomic E-state index is 0.103. The molecule has 0 aliphatic carbocycles. The highest BCUT2D eigenvalue weighted by molar-refractivity contribution is 5.99. The maximum absolute atomic E-state index is 12.6. The number of carbonyl (C=O) groups is 1. The highest BCUT2D eigenvalue weighted by atomic mass is 16.1. The summed E-state index contributed by atoms with van der Waals surface area (Å²) in [7, 11) is 0. The van der Waals surface area contributed by atoms with Crippen LogP contribution in [0.25, 0.3) is 22.2 Å². The number of aryl methyl sites for hydroxylation is 2. The Hall–Kier alpha value is -3.94. The van der Waals surface area contributed by atoms with Gasteiger partial charge in [-0.2, -0.15) is 10.2 Å². The lowest BCUT2D eigenvalue weighted by molar-refractivity contribution is 0.0950. The van der Waals surface area contributed by atoms with Crippen LogP contribution in [0, 0.1) is 13.8 Å². The number of aromatic amines is 1. The van der Waals surface area contributed by atoms with Gasteiger partial charge in [-0.15, -0.1) is 0 Å². The second kappa shape index (κ2) is 8.20. The largest absolute Gasteiger partial charge is 0.382 e. The van der Waals surface area contributed by atoms with Crippen LogP contribution in [0.5, 0.6) is 0 Å². The molecule has 1 amide bonds. The number of rotatable bonds is 4. The molecule has 0 aliphatic heterocycles. The molecule has 0 saturated heterocycles. The fourth-order valence-corrected chi connectivity index (χ4v) is 3.82. The van der Waals surface area contributed by atoms with Crippen molar-refractivity contribution in [2.45, 2.75) is 46.7 Å². The smallest absolute Gasteiger partial charge is 0.290 e. The number of hydrogen-bond acceptors (Lipinski definition) is 5. The van der Waals surface area contributed by atoms with Gasteiger partial charge in [0.05, 0.1) is 10.9 Å². The van der Waals surface area contributed by atoms with E-state index in [4.69, 9.17) is 10.8 Å². The van der Waals surface area contributed by atoms with Crippen molar-refractivity contribution in [1.82, 2.24) is 25.3 Å². The molecule has 4 rings (SSSR count). The van der Waals surface area contributed by atoms with Gasteiger partial charge in [0.15, 0.2) is 5.82 Å². The fraction of sp³-hybridized carbons (Fsp3) is 0.280. The van der Waals surface area contributed by atoms with Crippen molar-refractivity contribution in [3.63, 3.8) is 0 Å². The number of fused-ring (bicyclic) bond motifs is 1. The lowest BCUT2D eigenvalue weighted by Gasteiger charge is -2.19. The summed E-state index contributed by atoms with van der Waals surface area (Å²) in [4.78, 5) is 25.1. The van der Waals surface area contributed by atoms with Crippen molar-refractivity contribution < 1.29 is 4.79 Å². The molecule has 8 heteroatoms. The molecule has 170 valence electrons. The Kier molecular flexibility index (Phi) is 5.53. The van der Waals surface area contributed by atoms with Crippen LogP contribution in [-0.4, -0.2) is 25.9 Å². The first-order valence-corrected chi connectivity index (χ1v) is 10.8. The quantitative estimate of drug-likeness (QED) is 0.444. The Labute approximate surface area is 191 Å². The third kappa shape index (κ3) is 4.24. The van der Waals surface area contributed by atoms with Gasteiger partial charge in [0.25, 0.3) is 11.5 Å². The van der Waals surface area contributed by atoms with Crippen LogP contribution in [0.2, 0.25) is 0 Å². The average molecular weight is 445 g/mol. The molecule has 2 aromatic carbocycles. The van der Waals surface area contributed by atoms with Crippen molar-refractivity contribution in [1.29, 1.82) is 0 Å². The molecule has 2 heterocycles. The van der Waals surface area contributed by atoms with Gasteiger partial charge in [-0.3, -0.25) is 14.3 Å². The number of nitrogens with two attached hydrogens (primary N) is 1. The molecule has 0 bridgehead atoms. The summed E-state index contributed by atoms with van der Waals surface area (Å²) in [5.41, 5.74) is 10.8. The molecular weight excluding hydrogens is 416 g/mol. The highest BCUT2D eigenvalue weighted by Gasteiger charge is 2.25. The average Bonchev–Trinajstić information content (AvgIpc) is 3.19. The van der Waals surface area contributed by atoms with Gasteiger partial charge in [-0.25, -0.2) is 5.10 Å². The summed E-state index contributed by atoms with van der Waals surface area (Å²) < 4.78 is 1.69. The summed E-state index contributed by atoms with van der Waals surface area (Å²) in [6.45, 7) is 10.2. The molecule has 0 unspecified atom stereocenters. The molecule has 4 N–H and O–H groups in total. The van der Waals surface area contributed by atoms with E-state index in [1.54, 1.807) is 4.68 Å². The summed E-state index contributed by atoms with van der Waals surface area (Å²) in [5.74, 6) is 0.119. The van der Waals surface area contributed by atoms with Gasteiger partial charge in [0, 0.05) is 17.7 Å². The molecule has 8 nitrogen and oxygen atoms in total. The van der Waals surface area contributed by atoms with E-state index in [0.717, 1.165) is 22.3 Å². The number of nitrogen functional groups attached to an aromatic ring is 1. The first kappa shape index (κ1) is 22.3. The van der Waals surface area contributed by atoms with Gasteiger partial charge >= 0.3 is 0 Å². The van der Waals surface area contributed by atoms with Crippen LogP contribution in [0.3, 0.4) is 0 Å². The molecular formula is C25H28N6O2. The Balaban J connectivity index is 1.63. The van der Waals surface area contributed by atoms with Gasteiger partial charge in [-0.1, -0.05) is 42.0 Å². The van der Waals surface area contributed by atoms with Crippen LogP contribution in [0.1, 0.15) is 47.8 Å². The molecule has 0 saturated carbocycles. The second-order valence-corrected chi connectivity index (χ2v) is 9.29. The molecule has 0 fully saturated rings. The minimum atomic E-state index is -0.421. The molecule has 0 radical (unpaired) electrons. The summed E-state index contributed by atoms with van der Waals surface area (Å²) >= 11 is 0. The van der Waals surface area contributed by atoms with E-state index in [-0.39, 0.29) is 17.3 Å². The molecule has 4 aromatic rings. The van der Waals surface area contributed by atoms with Crippen LogP contribution in [0.15, 0.2) is 47.3 Å². The Morgan fingerprint density at radius 1 is 1.12 bits per heavy atom. The third-order valence-electron chi connectivity index (χ3n) is 5.59. The maximum Gasteiger partial charge on any atom is 0.290 e. The van der Waals surface area contributed by atoms with Crippen LogP contribution in [0.4, 0.5) is 5.82 Å². The van der Waals surface area contributed by atoms with Gasteiger partial charge in [0.1, 0.15) is 11.2 Å². The van der Waals surface area contributed by atoms with E-state index in [2.05, 4.69) is 15.5 Å². The second-order valence-electron chi connectivity index (χ2n) is 9.29. The van der Waals surface area contributed by atoms with Crippen molar-refractivity contribution in [2.75, 3.05) is 5.73 Å². The maximum atomic E-state index is 12.6. The monoisotopic (exact) mass is 444 g/mol. The predicted molar refractivity (Wildman–Crippen MR) is 130 cm³/mol. The van der Waals surface area contributed by atoms with E-state index in [0.29, 0.717) is 28.7 Å². The number of aromatic nitrogens is 4. The van der Waals surface area contributed by atoms with Crippen LogP contribution >= 0.6 is 0 Å². The van der Waals surface area contributed by atoms with E-state index in [9.17, 15) is 9.59 Å². The van der Waals surface area contributed by atoms with Crippen molar-refractivity contribution in [3.05, 3.63) is 75.1 Å². The zero-order valence-corrected chi connectivity index (χ0v) is 19.5. The van der Waals surface area contributed by atoms with Gasteiger partial charge in [-0.05, 0) is 51.8 Å². The third-order valence-corrected chi connectivity index (χ3v) is 5.59. The molecule has 0 spiro atoms. The number of hydrogen-bond donors (Lipinski definition) is 3. The van der Waals surface area contributed by atoms with Gasteiger partial charge in [0.2, 0.25) is 0 Å². The van der Waals surface area contributed by atoms with E-state index in [1.807, 2.05) is 77.1 Å². The number of benzene rings is 2. The molecule has 33 heavy (non-hydrogen) atoms. The van der Waals surface area contributed by atoms with Crippen molar-refractivity contribution in [3.8, 4) is 11.3 Å². The summed E-state index contributed by atoms with van der Waals surface area (Å²) in [6.07, 6.45) is 0. The first-order chi connectivity index (χ1) is 15.6. The van der Waals surface area contributed by atoms with E-state index < -0.39 is 5.54 Å². The summed E-state index contributed by atoms with van der Waals surface area (Å²) in [5, 5.41) is 14.6. The highest BCUT2D eigenvalue weighted by Crippen LogP contribution is 2.32. The van der Waals surface area contributed by atoms with Crippen LogP contribution < -0.4 is 16.6 Å². The van der Waals surface area contributed by atoms with Gasteiger partial charge < -0.3 is 11.1 Å². The normalized spacial score (nSPS) is 11.7. The Bertz CT molecular complexity index is 1410. The standard InChI is InChI=1S/C25H28N6O2/c1-14-6-7-15(2)18(12-14)23(32)27-13-16-8-10-17(11-9-16)20-19-21(24(33)29-28-22(19)26)31(30-20)25(3,4)5/h6-12H,13H2,1-5H3,(H2,26,28)(H,27,32)(H,29,33). The zero-order valence-electron chi connectivity index (χ0n) is 19.5. The number of H-pyrrole nitrogens is 1. The lowest BCUT2D eigenvalue weighted by atomic mass is 10.0. The fourth-order valence-electron chi connectivity index (χ4n) is 3.82. The number of nitrogens with one attached hydrogen (secondary N) is 2. The zero-order chi connectivity index (χ0) is 23.9. The Morgan fingerprint density at radius 2 is 1.82 bits per heavy atom. The number of amides is 1. The van der Waals surface area contributed by atoms with E-state index in [1.165, 1.54) is 0 Å². The lowest BCUT2D eigenvalue weighted by Crippen LogP contribution is -2.26. The van der Waals surface area contributed by atoms with E-state index >= 15 is 0 Å². The number of nitrogens with zero attached hydrogens (tertiary/aromatic N) is 3. The predicted octanol–water partition coefficient (Wildman–Crippen LogP) is 3.67. The number of carbonyl (C=O) groups excluding carboxylic acids is 1.